The van der Waals surface area contributed by atoms with Gasteiger partial charge < -0.3 is 15.0 Å². The van der Waals surface area contributed by atoms with Gasteiger partial charge in [-0.3, -0.25) is 0 Å². The van der Waals surface area contributed by atoms with Gasteiger partial charge in [0, 0.05) is 18.3 Å². The van der Waals surface area contributed by atoms with E-state index < -0.39 is 0 Å². The first-order valence-corrected chi connectivity index (χ1v) is 6.62. The van der Waals surface area contributed by atoms with Gasteiger partial charge in [0.05, 0.1) is 6.61 Å². The highest BCUT2D eigenvalue weighted by atomic mass is 16.5. The van der Waals surface area contributed by atoms with Crippen molar-refractivity contribution in [3.8, 4) is 0 Å². The SMILES string of the molecule is CC(C)COC(=O)NCCc1ccc2[nH]ccc2c1. The molecule has 0 fully saturated rings. The number of benzene rings is 1. The number of H-pyrrole nitrogens is 1. The Bertz CT molecular complexity index is 546. The molecule has 2 aromatic rings. The van der Waals surface area contributed by atoms with Crippen molar-refractivity contribution >= 4 is 17.0 Å². The Morgan fingerprint density at radius 1 is 1.37 bits per heavy atom. The van der Waals surface area contributed by atoms with Crippen molar-refractivity contribution in [3.63, 3.8) is 0 Å². The largest absolute Gasteiger partial charge is 0.449 e. The lowest BCUT2D eigenvalue weighted by molar-refractivity contribution is 0.133. The van der Waals surface area contributed by atoms with E-state index in [1.54, 1.807) is 0 Å². The summed E-state index contributed by atoms with van der Waals surface area (Å²) in [5.74, 6) is 0.363. The average molecular weight is 260 g/mol. The van der Waals surface area contributed by atoms with Crippen LogP contribution in [0.5, 0.6) is 0 Å². The number of hydrogen-bond donors (Lipinski definition) is 2. The summed E-state index contributed by atoms with van der Waals surface area (Å²) in [4.78, 5) is 14.5. The van der Waals surface area contributed by atoms with Gasteiger partial charge >= 0.3 is 6.09 Å². The molecular weight excluding hydrogens is 240 g/mol. The third-order valence-electron chi connectivity index (χ3n) is 2.85. The second-order valence-corrected chi connectivity index (χ2v) is 5.07. The first-order chi connectivity index (χ1) is 9.15. The number of aromatic nitrogens is 1. The van der Waals surface area contributed by atoms with Crippen LogP contribution in [-0.4, -0.2) is 24.2 Å². The number of carbonyl (C=O) groups excluding carboxylic acids is 1. The number of nitrogens with one attached hydrogen (secondary N) is 2. The van der Waals surface area contributed by atoms with E-state index in [1.165, 1.54) is 10.9 Å². The van der Waals surface area contributed by atoms with Crippen LogP contribution >= 0.6 is 0 Å². The van der Waals surface area contributed by atoms with Gasteiger partial charge in [-0.1, -0.05) is 19.9 Å². The fourth-order valence-electron chi connectivity index (χ4n) is 1.86. The van der Waals surface area contributed by atoms with Crippen LogP contribution in [0, 0.1) is 5.92 Å². The zero-order valence-corrected chi connectivity index (χ0v) is 11.4. The minimum absolute atomic E-state index is 0.337. The predicted molar refractivity (Wildman–Crippen MR) is 76.2 cm³/mol. The third kappa shape index (κ3) is 4.02. The van der Waals surface area contributed by atoms with Gasteiger partial charge in [0.1, 0.15) is 0 Å². The highest BCUT2D eigenvalue weighted by Gasteiger charge is 2.03. The lowest BCUT2D eigenvalue weighted by Gasteiger charge is -2.08. The zero-order chi connectivity index (χ0) is 13.7. The zero-order valence-electron chi connectivity index (χ0n) is 11.4. The molecule has 0 saturated carbocycles. The molecule has 19 heavy (non-hydrogen) atoms. The fourth-order valence-corrected chi connectivity index (χ4v) is 1.86. The number of amides is 1. The summed E-state index contributed by atoms with van der Waals surface area (Å²) in [7, 11) is 0. The van der Waals surface area contributed by atoms with E-state index in [-0.39, 0.29) is 6.09 Å². The van der Waals surface area contributed by atoms with Crippen LogP contribution in [0.15, 0.2) is 30.5 Å². The lowest BCUT2D eigenvalue weighted by atomic mass is 10.1. The molecule has 0 bridgehead atoms. The molecule has 0 atom stereocenters. The molecule has 0 aliphatic rings. The van der Waals surface area contributed by atoms with E-state index in [0.717, 1.165) is 11.9 Å². The van der Waals surface area contributed by atoms with Crippen molar-refractivity contribution in [2.24, 2.45) is 5.92 Å². The van der Waals surface area contributed by atoms with Gasteiger partial charge in [-0.15, -0.1) is 0 Å². The predicted octanol–water partition coefficient (Wildman–Crippen LogP) is 3.09. The van der Waals surface area contributed by atoms with Crippen molar-refractivity contribution in [1.82, 2.24) is 10.3 Å². The van der Waals surface area contributed by atoms with E-state index in [4.69, 9.17) is 4.74 Å². The molecule has 2 N–H and O–H groups in total. The highest BCUT2D eigenvalue weighted by Crippen LogP contribution is 2.14. The van der Waals surface area contributed by atoms with Crippen LogP contribution < -0.4 is 5.32 Å². The lowest BCUT2D eigenvalue weighted by Crippen LogP contribution is -2.27. The fraction of sp³-hybridized carbons (Fsp3) is 0.400. The van der Waals surface area contributed by atoms with Crippen molar-refractivity contribution in [2.45, 2.75) is 20.3 Å². The van der Waals surface area contributed by atoms with Gasteiger partial charge in [0.2, 0.25) is 0 Å². The van der Waals surface area contributed by atoms with Crippen LogP contribution in [0.3, 0.4) is 0 Å². The molecule has 0 unspecified atom stereocenters. The molecule has 1 aromatic heterocycles. The maximum Gasteiger partial charge on any atom is 0.407 e. The van der Waals surface area contributed by atoms with Crippen molar-refractivity contribution in [3.05, 3.63) is 36.0 Å². The Labute approximate surface area is 113 Å². The van der Waals surface area contributed by atoms with Crippen LogP contribution in [0.1, 0.15) is 19.4 Å². The Morgan fingerprint density at radius 3 is 3.00 bits per heavy atom. The second kappa shape index (κ2) is 6.27. The minimum Gasteiger partial charge on any atom is -0.449 e. The Hall–Kier alpha value is -1.97. The van der Waals surface area contributed by atoms with Gasteiger partial charge in [0.25, 0.3) is 0 Å². The van der Waals surface area contributed by atoms with Crippen LogP contribution in [0.25, 0.3) is 10.9 Å². The molecule has 2 rings (SSSR count). The molecule has 4 nitrogen and oxygen atoms in total. The van der Waals surface area contributed by atoms with E-state index in [2.05, 4.69) is 28.5 Å². The Kier molecular flexibility index (Phi) is 4.44. The molecule has 1 aromatic carbocycles. The molecule has 1 heterocycles. The van der Waals surface area contributed by atoms with Gasteiger partial charge in [-0.05, 0) is 41.5 Å². The molecular formula is C15H20N2O2. The van der Waals surface area contributed by atoms with E-state index in [1.807, 2.05) is 26.1 Å². The van der Waals surface area contributed by atoms with Gasteiger partial charge in [-0.25, -0.2) is 4.79 Å². The number of carbonyl (C=O) groups is 1. The second-order valence-electron chi connectivity index (χ2n) is 5.07. The van der Waals surface area contributed by atoms with Crippen molar-refractivity contribution in [1.29, 1.82) is 0 Å². The maximum atomic E-state index is 11.4. The van der Waals surface area contributed by atoms with Crippen LogP contribution in [0.2, 0.25) is 0 Å². The number of ether oxygens (including phenoxy) is 1. The summed E-state index contributed by atoms with van der Waals surface area (Å²) in [5.41, 5.74) is 2.34. The molecule has 102 valence electrons. The van der Waals surface area contributed by atoms with Crippen LogP contribution in [-0.2, 0) is 11.2 Å². The summed E-state index contributed by atoms with van der Waals surface area (Å²) >= 11 is 0. The number of rotatable bonds is 5. The van der Waals surface area contributed by atoms with Gasteiger partial charge in [-0.2, -0.15) is 0 Å². The van der Waals surface area contributed by atoms with Gasteiger partial charge in [0.15, 0.2) is 0 Å². The number of aromatic amines is 1. The summed E-state index contributed by atoms with van der Waals surface area (Å²) in [6.07, 6.45) is 2.39. The molecule has 0 aliphatic heterocycles. The molecule has 0 aliphatic carbocycles. The first kappa shape index (κ1) is 13.5. The van der Waals surface area contributed by atoms with Crippen molar-refractivity contribution in [2.75, 3.05) is 13.2 Å². The normalized spacial score (nSPS) is 10.9. The number of hydrogen-bond acceptors (Lipinski definition) is 2. The summed E-state index contributed by atoms with van der Waals surface area (Å²) < 4.78 is 5.04. The minimum atomic E-state index is -0.337. The molecule has 0 radical (unpaired) electrons. The first-order valence-electron chi connectivity index (χ1n) is 6.62. The number of fused-ring (bicyclic) bond motifs is 1. The van der Waals surface area contributed by atoms with E-state index >= 15 is 0 Å². The Balaban J connectivity index is 1.77. The number of alkyl carbamates (subject to hydrolysis) is 1. The summed E-state index contributed by atoms with van der Waals surface area (Å²) in [6, 6.07) is 8.30. The standard InChI is InChI=1S/C15H20N2O2/c1-11(2)10-19-15(18)17-7-5-12-3-4-14-13(9-12)6-8-16-14/h3-4,6,8-9,11,16H,5,7,10H2,1-2H3,(H,17,18). The smallest absolute Gasteiger partial charge is 0.407 e. The third-order valence-corrected chi connectivity index (χ3v) is 2.85. The quantitative estimate of drug-likeness (QED) is 0.868. The Morgan fingerprint density at radius 2 is 2.21 bits per heavy atom. The topological polar surface area (TPSA) is 54.1 Å². The molecule has 0 saturated heterocycles. The maximum absolute atomic E-state index is 11.4. The average Bonchev–Trinajstić information content (AvgIpc) is 2.83. The highest BCUT2D eigenvalue weighted by molar-refractivity contribution is 5.79. The molecule has 1 amide bonds. The summed E-state index contributed by atoms with van der Waals surface area (Å²) in [6.45, 7) is 5.08. The van der Waals surface area contributed by atoms with Crippen LogP contribution in [0.4, 0.5) is 4.79 Å². The van der Waals surface area contributed by atoms with E-state index in [0.29, 0.717) is 19.1 Å². The van der Waals surface area contributed by atoms with Crippen molar-refractivity contribution < 1.29 is 9.53 Å². The summed E-state index contributed by atoms with van der Waals surface area (Å²) in [5, 5.41) is 3.95. The molecule has 4 heteroatoms. The molecule has 0 spiro atoms. The monoisotopic (exact) mass is 260 g/mol. The van der Waals surface area contributed by atoms with E-state index in [9.17, 15) is 4.79 Å².